The standard InChI is InChI=1S/C11H12N2O4/c1-2-17-11(14)12-9(10(12)13(15)16)8-6-4-3-5-7-8/h3-7,9-10H,2H2,1H3. The molecule has 0 saturated carbocycles. The lowest BCUT2D eigenvalue weighted by molar-refractivity contribution is -0.505. The molecule has 1 aliphatic heterocycles. The van der Waals surface area contributed by atoms with Crippen LogP contribution < -0.4 is 0 Å². The normalized spacial score (nSPS) is 22.1. The lowest BCUT2D eigenvalue weighted by Gasteiger charge is -2.01. The Balaban J connectivity index is 2.18. The highest BCUT2D eigenvalue weighted by atomic mass is 16.6. The van der Waals surface area contributed by atoms with Crippen LogP contribution in [0.2, 0.25) is 0 Å². The van der Waals surface area contributed by atoms with E-state index in [2.05, 4.69) is 0 Å². The molecule has 1 aromatic carbocycles. The molecule has 1 fully saturated rings. The van der Waals surface area contributed by atoms with Gasteiger partial charge in [0.15, 0.2) is 6.04 Å². The van der Waals surface area contributed by atoms with Crippen LogP contribution in [0.3, 0.4) is 0 Å². The van der Waals surface area contributed by atoms with Gasteiger partial charge in [-0.3, -0.25) is 10.1 Å². The number of rotatable bonds is 3. The Hall–Kier alpha value is -2.11. The van der Waals surface area contributed by atoms with Crippen LogP contribution in [0.4, 0.5) is 4.79 Å². The molecule has 1 aliphatic rings. The van der Waals surface area contributed by atoms with E-state index in [4.69, 9.17) is 4.74 Å². The monoisotopic (exact) mass is 236 g/mol. The van der Waals surface area contributed by atoms with Gasteiger partial charge < -0.3 is 4.74 Å². The second-order valence-electron chi connectivity index (χ2n) is 3.66. The van der Waals surface area contributed by atoms with E-state index in [1.54, 1.807) is 31.2 Å². The molecule has 0 aromatic heterocycles. The minimum Gasteiger partial charge on any atom is -0.450 e. The Kier molecular flexibility index (Phi) is 2.95. The van der Waals surface area contributed by atoms with E-state index in [9.17, 15) is 14.9 Å². The molecule has 0 N–H and O–H groups in total. The van der Waals surface area contributed by atoms with Gasteiger partial charge in [-0.05, 0) is 12.5 Å². The molecule has 17 heavy (non-hydrogen) atoms. The van der Waals surface area contributed by atoms with E-state index >= 15 is 0 Å². The van der Waals surface area contributed by atoms with Crippen molar-refractivity contribution in [2.45, 2.75) is 19.1 Å². The topological polar surface area (TPSA) is 72.5 Å². The lowest BCUT2D eigenvalue weighted by atomic mass is 10.1. The molecule has 0 aliphatic carbocycles. The molecule has 90 valence electrons. The van der Waals surface area contributed by atoms with Crippen molar-refractivity contribution in [2.24, 2.45) is 0 Å². The fraction of sp³-hybridized carbons (Fsp3) is 0.364. The zero-order valence-electron chi connectivity index (χ0n) is 9.28. The summed E-state index contributed by atoms with van der Waals surface area (Å²) in [5.74, 6) is 0. The third-order valence-corrected chi connectivity index (χ3v) is 2.61. The van der Waals surface area contributed by atoms with Gasteiger partial charge in [-0.15, -0.1) is 0 Å². The molecule has 2 rings (SSSR count). The van der Waals surface area contributed by atoms with Crippen LogP contribution in [0.25, 0.3) is 0 Å². The number of hydrogen-bond acceptors (Lipinski definition) is 4. The second kappa shape index (κ2) is 4.40. The summed E-state index contributed by atoms with van der Waals surface area (Å²) in [6, 6.07) is 8.41. The summed E-state index contributed by atoms with van der Waals surface area (Å²) in [5.41, 5.74) is 0.752. The highest BCUT2D eigenvalue weighted by Gasteiger charge is 2.62. The molecule has 1 amide bonds. The summed E-state index contributed by atoms with van der Waals surface area (Å²) >= 11 is 0. The van der Waals surface area contributed by atoms with Crippen LogP contribution in [0.15, 0.2) is 30.3 Å². The number of nitrogens with zero attached hydrogens (tertiary/aromatic N) is 2. The van der Waals surface area contributed by atoms with E-state index in [0.29, 0.717) is 0 Å². The van der Waals surface area contributed by atoms with Gasteiger partial charge >= 0.3 is 12.3 Å². The largest absolute Gasteiger partial charge is 0.450 e. The molecule has 0 spiro atoms. The van der Waals surface area contributed by atoms with Crippen LogP contribution in [0.1, 0.15) is 18.5 Å². The highest BCUT2D eigenvalue weighted by molar-refractivity contribution is 5.72. The van der Waals surface area contributed by atoms with Gasteiger partial charge in [-0.2, -0.15) is 0 Å². The summed E-state index contributed by atoms with van der Waals surface area (Å²) in [7, 11) is 0. The fourth-order valence-corrected chi connectivity index (χ4v) is 1.84. The molecule has 0 bridgehead atoms. The number of carbonyl (C=O) groups excluding carboxylic acids is 1. The van der Waals surface area contributed by atoms with Gasteiger partial charge in [0.05, 0.1) is 6.61 Å². The van der Waals surface area contributed by atoms with Crippen molar-refractivity contribution in [3.63, 3.8) is 0 Å². The maximum absolute atomic E-state index is 11.5. The van der Waals surface area contributed by atoms with Crippen LogP contribution in [0, 0.1) is 10.1 Å². The summed E-state index contributed by atoms with van der Waals surface area (Å²) < 4.78 is 4.78. The lowest BCUT2D eigenvalue weighted by Crippen LogP contribution is -2.18. The average Bonchev–Trinajstić information content (AvgIpc) is 3.06. The van der Waals surface area contributed by atoms with Crippen LogP contribution in [-0.4, -0.2) is 28.7 Å². The van der Waals surface area contributed by atoms with Crippen LogP contribution in [0.5, 0.6) is 0 Å². The third-order valence-electron chi connectivity index (χ3n) is 2.61. The smallest absolute Gasteiger partial charge is 0.415 e. The van der Waals surface area contributed by atoms with Crippen LogP contribution >= 0.6 is 0 Å². The summed E-state index contributed by atoms with van der Waals surface area (Å²) in [4.78, 5) is 23.0. The summed E-state index contributed by atoms with van der Waals surface area (Å²) in [6.45, 7) is 1.88. The van der Waals surface area contributed by atoms with E-state index in [-0.39, 0.29) is 6.61 Å². The molecule has 1 aromatic rings. The average molecular weight is 236 g/mol. The van der Waals surface area contributed by atoms with Gasteiger partial charge in [0, 0.05) is 4.92 Å². The Labute approximate surface area is 97.9 Å². The van der Waals surface area contributed by atoms with Gasteiger partial charge in [-0.1, -0.05) is 30.3 Å². The highest BCUT2D eigenvalue weighted by Crippen LogP contribution is 2.43. The van der Waals surface area contributed by atoms with Crippen molar-refractivity contribution in [3.05, 3.63) is 46.0 Å². The zero-order chi connectivity index (χ0) is 12.4. The molecule has 0 radical (unpaired) electrons. The minimum absolute atomic E-state index is 0.210. The Morgan fingerprint density at radius 2 is 2.12 bits per heavy atom. The number of benzene rings is 1. The van der Waals surface area contributed by atoms with Gasteiger partial charge in [-0.25, -0.2) is 9.69 Å². The van der Waals surface area contributed by atoms with E-state index < -0.39 is 23.2 Å². The van der Waals surface area contributed by atoms with Gasteiger partial charge in [0.25, 0.3) is 0 Å². The number of ether oxygens (including phenoxy) is 1. The zero-order valence-corrected chi connectivity index (χ0v) is 9.28. The predicted octanol–water partition coefficient (Wildman–Crippen LogP) is 1.80. The van der Waals surface area contributed by atoms with Crippen molar-refractivity contribution >= 4 is 6.09 Å². The first-order valence-corrected chi connectivity index (χ1v) is 5.30. The van der Waals surface area contributed by atoms with Crippen molar-refractivity contribution in [3.8, 4) is 0 Å². The molecule has 1 saturated heterocycles. The Bertz CT molecular complexity index is 434. The molecule has 6 heteroatoms. The minimum atomic E-state index is -1.00. The number of carbonyl (C=O) groups is 1. The summed E-state index contributed by atoms with van der Waals surface area (Å²) in [5, 5.41) is 10.8. The van der Waals surface area contributed by atoms with Gasteiger partial charge in [0.1, 0.15) is 0 Å². The first kappa shape index (κ1) is 11.4. The van der Waals surface area contributed by atoms with Crippen molar-refractivity contribution < 1.29 is 14.5 Å². The maximum atomic E-state index is 11.5. The van der Waals surface area contributed by atoms with Gasteiger partial charge in [0.2, 0.25) is 0 Å². The fourth-order valence-electron chi connectivity index (χ4n) is 1.84. The predicted molar refractivity (Wildman–Crippen MR) is 58.8 cm³/mol. The number of amides is 1. The third kappa shape index (κ3) is 2.06. The Morgan fingerprint density at radius 1 is 1.47 bits per heavy atom. The maximum Gasteiger partial charge on any atom is 0.415 e. The van der Waals surface area contributed by atoms with Crippen molar-refractivity contribution in [2.75, 3.05) is 6.61 Å². The molecule has 6 nitrogen and oxygen atoms in total. The second-order valence-corrected chi connectivity index (χ2v) is 3.66. The quantitative estimate of drug-likeness (QED) is 0.455. The first-order chi connectivity index (χ1) is 8.16. The van der Waals surface area contributed by atoms with Crippen molar-refractivity contribution in [1.82, 2.24) is 4.90 Å². The SMILES string of the molecule is CCOC(=O)N1C(c2ccccc2)C1[N+](=O)[O-]. The number of nitro groups is 1. The molecule has 2 unspecified atom stereocenters. The van der Waals surface area contributed by atoms with E-state index in [1.807, 2.05) is 6.07 Å². The molecular weight excluding hydrogens is 224 g/mol. The molecular formula is C11H12N2O4. The van der Waals surface area contributed by atoms with E-state index in [0.717, 1.165) is 10.5 Å². The summed E-state index contributed by atoms with van der Waals surface area (Å²) in [6.07, 6.45) is -1.64. The number of hydrogen-bond donors (Lipinski definition) is 0. The first-order valence-electron chi connectivity index (χ1n) is 5.30. The van der Waals surface area contributed by atoms with Crippen LogP contribution in [-0.2, 0) is 4.74 Å². The Morgan fingerprint density at radius 3 is 2.65 bits per heavy atom. The molecule has 1 heterocycles. The van der Waals surface area contributed by atoms with E-state index in [1.165, 1.54) is 0 Å². The van der Waals surface area contributed by atoms with Crippen molar-refractivity contribution in [1.29, 1.82) is 0 Å². The molecule has 2 atom stereocenters.